The summed E-state index contributed by atoms with van der Waals surface area (Å²) in [5.41, 5.74) is 0.913. The second-order valence-electron chi connectivity index (χ2n) is 3.89. The van der Waals surface area contributed by atoms with Crippen LogP contribution in [0.3, 0.4) is 0 Å². The lowest BCUT2D eigenvalue weighted by atomic mass is 10.4. The Balaban J connectivity index is 2.09. The number of oxazole rings is 1. The van der Waals surface area contributed by atoms with Gasteiger partial charge in [-0.2, -0.15) is 0 Å². The van der Waals surface area contributed by atoms with Crippen molar-refractivity contribution in [1.29, 1.82) is 0 Å². The van der Waals surface area contributed by atoms with Crippen LogP contribution < -0.4 is 5.32 Å². The minimum absolute atomic E-state index is 0.616. The van der Waals surface area contributed by atoms with E-state index in [1.807, 2.05) is 19.9 Å². The Bertz CT molecular complexity index is 507. The maximum atomic E-state index is 5.51. The smallest absolute Gasteiger partial charge is 0.262 e. The van der Waals surface area contributed by atoms with Crippen LogP contribution in [0.2, 0.25) is 0 Å². The summed E-state index contributed by atoms with van der Waals surface area (Å²) < 4.78 is 5.51. The molecule has 96 valence electrons. The molecule has 0 aliphatic carbocycles. The summed E-state index contributed by atoms with van der Waals surface area (Å²) in [6.07, 6.45) is 2.60. The van der Waals surface area contributed by atoms with Gasteiger partial charge in [-0.25, -0.2) is 15.0 Å². The third-order valence-corrected chi connectivity index (χ3v) is 3.18. The molecule has 6 heteroatoms. The van der Waals surface area contributed by atoms with Gasteiger partial charge in [0.1, 0.15) is 22.9 Å². The van der Waals surface area contributed by atoms with Gasteiger partial charge in [0.25, 0.3) is 5.22 Å². The predicted octanol–water partition coefficient (Wildman–Crippen LogP) is 3.05. The van der Waals surface area contributed by atoms with E-state index in [1.165, 1.54) is 11.8 Å². The van der Waals surface area contributed by atoms with Crippen LogP contribution in [0.4, 0.5) is 5.82 Å². The van der Waals surface area contributed by atoms with Gasteiger partial charge in [-0.3, -0.25) is 0 Å². The van der Waals surface area contributed by atoms with Crippen LogP contribution in [-0.2, 0) is 0 Å². The van der Waals surface area contributed by atoms with Crippen molar-refractivity contribution in [1.82, 2.24) is 15.0 Å². The van der Waals surface area contributed by atoms with E-state index in [4.69, 9.17) is 4.42 Å². The summed E-state index contributed by atoms with van der Waals surface area (Å²) in [4.78, 5) is 12.7. The van der Waals surface area contributed by atoms with Crippen LogP contribution in [-0.4, -0.2) is 21.5 Å². The van der Waals surface area contributed by atoms with Crippen molar-refractivity contribution in [2.75, 3.05) is 11.9 Å². The first-order valence-electron chi connectivity index (χ1n) is 5.87. The molecule has 2 rings (SSSR count). The van der Waals surface area contributed by atoms with Gasteiger partial charge in [-0.15, -0.1) is 0 Å². The average Bonchev–Trinajstić information content (AvgIpc) is 2.66. The van der Waals surface area contributed by atoms with Crippen molar-refractivity contribution >= 4 is 17.6 Å². The number of rotatable bonds is 5. The number of aryl methyl sites for hydroxylation is 2. The van der Waals surface area contributed by atoms with Gasteiger partial charge in [0.2, 0.25) is 0 Å². The van der Waals surface area contributed by atoms with E-state index >= 15 is 0 Å². The zero-order chi connectivity index (χ0) is 13.0. The highest BCUT2D eigenvalue weighted by molar-refractivity contribution is 7.99. The van der Waals surface area contributed by atoms with E-state index in [0.717, 1.165) is 35.3 Å². The molecule has 2 aromatic rings. The molecule has 2 heterocycles. The second kappa shape index (κ2) is 5.86. The molecule has 5 nitrogen and oxygen atoms in total. The fourth-order valence-electron chi connectivity index (χ4n) is 1.32. The Morgan fingerprint density at radius 3 is 2.83 bits per heavy atom. The molecule has 2 aromatic heterocycles. The number of aromatic nitrogens is 3. The van der Waals surface area contributed by atoms with Crippen molar-refractivity contribution in [2.24, 2.45) is 0 Å². The first kappa shape index (κ1) is 12.9. The van der Waals surface area contributed by atoms with Crippen LogP contribution in [0.25, 0.3) is 0 Å². The highest BCUT2D eigenvalue weighted by Crippen LogP contribution is 2.27. The van der Waals surface area contributed by atoms with E-state index in [1.54, 1.807) is 6.33 Å². The third kappa shape index (κ3) is 3.22. The summed E-state index contributed by atoms with van der Waals surface area (Å²) in [5, 5.41) is 4.66. The lowest BCUT2D eigenvalue weighted by Crippen LogP contribution is -2.02. The standard InChI is InChI=1S/C12H16N4OS/c1-4-5-13-10-6-11(15-7-14-10)18-12-16-8(2)9(3)17-12/h6-7H,4-5H2,1-3H3,(H,13,14,15). The first-order chi connectivity index (χ1) is 8.69. The molecule has 0 radical (unpaired) electrons. The molecule has 0 aromatic carbocycles. The maximum absolute atomic E-state index is 5.51. The molecule has 1 N–H and O–H groups in total. The first-order valence-corrected chi connectivity index (χ1v) is 6.68. The zero-order valence-corrected chi connectivity index (χ0v) is 11.5. The van der Waals surface area contributed by atoms with Crippen molar-refractivity contribution in [3.05, 3.63) is 23.8 Å². The number of hydrogen-bond donors (Lipinski definition) is 1. The minimum atomic E-state index is 0.616. The van der Waals surface area contributed by atoms with Gasteiger partial charge in [0.05, 0.1) is 5.69 Å². The number of nitrogens with zero attached hydrogens (tertiary/aromatic N) is 3. The molecule has 0 saturated heterocycles. The van der Waals surface area contributed by atoms with Gasteiger partial charge >= 0.3 is 0 Å². The Hall–Kier alpha value is -1.56. The monoisotopic (exact) mass is 264 g/mol. The highest BCUT2D eigenvalue weighted by atomic mass is 32.2. The summed E-state index contributed by atoms with van der Waals surface area (Å²) in [5.74, 6) is 1.67. The quantitative estimate of drug-likeness (QED) is 0.837. The molecular formula is C12H16N4OS. The van der Waals surface area contributed by atoms with Crippen LogP contribution in [0.15, 0.2) is 27.1 Å². The largest absolute Gasteiger partial charge is 0.436 e. The molecule has 0 spiro atoms. The molecule has 0 fully saturated rings. The van der Waals surface area contributed by atoms with Gasteiger partial charge in [0, 0.05) is 12.6 Å². The fourth-order valence-corrected chi connectivity index (χ4v) is 2.12. The Morgan fingerprint density at radius 2 is 2.17 bits per heavy atom. The SMILES string of the molecule is CCCNc1cc(Sc2nc(C)c(C)o2)ncn1. The van der Waals surface area contributed by atoms with Gasteiger partial charge < -0.3 is 9.73 Å². The van der Waals surface area contributed by atoms with Crippen molar-refractivity contribution < 1.29 is 4.42 Å². The lowest BCUT2D eigenvalue weighted by molar-refractivity contribution is 0.431. The minimum Gasteiger partial charge on any atom is -0.436 e. The van der Waals surface area contributed by atoms with Crippen LogP contribution in [0, 0.1) is 13.8 Å². The van der Waals surface area contributed by atoms with Gasteiger partial charge in [-0.05, 0) is 32.0 Å². The maximum Gasteiger partial charge on any atom is 0.262 e. The van der Waals surface area contributed by atoms with Crippen LogP contribution in [0.5, 0.6) is 0 Å². The van der Waals surface area contributed by atoms with Crippen LogP contribution >= 0.6 is 11.8 Å². The highest BCUT2D eigenvalue weighted by Gasteiger charge is 2.08. The summed E-state index contributed by atoms with van der Waals surface area (Å²) >= 11 is 1.40. The average molecular weight is 264 g/mol. The Morgan fingerprint density at radius 1 is 1.33 bits per heavy atom. The zero-order valence-electron chi connectivity index (χ0n) is 10.7. The lowest BCUT2D eigenvalue weighted by Gasteiger charge is -2.03. The van der Waals surface area contributed by atoms with Crippen molar-refractivity contribution in [3.63, 3.8) is 0 Å². The van der Waals surface area contributed by atoms with Gasteiger partial charge in [0.15, 0.2) is 0 Å². The summed E-state index contributed by atoms with van der Waals surface area (Å²) in [6, 6.07) is 1.90. The predicted molar refractivity (Wildman–Crippen MR) is 70.9 cm³/mol. The molecule has 0 aliphatic rings. The summed E-state index contributed by atoms with van der Waals surface area (Å²) in [6.45, 7) is 6.85. The molecule has 0 unspecified atom stereocenters. The van der Waals surface area contributed by atoms with E-state index < -0.39 is 0 Å². The Kier molecular flexibility index (Phi) is 4.19. The van der Waals surface area contributed by atoms with Crippen molar-refractivity contribution in [2.45, 2.75) is 37.4 Å². The normalized spacial score (nSPS) is 10.6. The second-order valence-corrected chi connectivity index (χ2v) is 4.86. The fraction of sp³-hybridized carbons (Fsp3) is 0.417. The molecule has 0 amide bonds. The van der Waals surface area contributed by atoms with E-state index in [9.17, 15) is 0 Å². The third-order valence-electron chi connectivity index (χ3n) is 2.40. The molecule has 18 heavy (non-hydrogen) atoms. The number of hydrogen-bond acceptors (Lipinski definition) is 6. The topological polar surface area (TPSA) is 63.8 Å². The molecule has 0 atom stereocenters. The molecular weight excluding hydrogens is 248 g/mol. The summed E-state index contributed by atoms with van der Waals surface area (Å²) in [7, 11) is 0. The molecule has 0 bridgehead atoms. The number of anilines is 1. The Labute approximate surface area is 110 Å². The number of nitrogens with one attached hydrogen (secondary N) is 1. The molecule has 0 saturated carbocycles. The van der Waals surface area contributed by atoms with E-state index in [0.29, 0.717) is 5.22 Å². The van der Waals surface area contributed by atoms with Gasteiger partial charge in [-0.1, -0.05) is 6.92 Å². The van der Waals surface area contributed by atoms with E-state index in [-0.39, 0.29) is 0 Å². The van der Waals surface area contributed by atoms with E-state index in [2.05, 4.69) is 27.2 Å². The van der Waals surface area contributed by atoms with Crippen molar-refractivity contribution in [3.8, 4) is 0 Å². The van der Waals surface area contributed by atoms with Crippen LogP contribution in [0.1, 0.15) is 24.8 Å². The molecule has 0 aliphatic heterocycles.